The minimum atomic E-state index is -0.273. The van der Waals surface area contributed by atoms with Crippen LogP contribution in [0.15, 0.2) is 6.20 Å². The van der Waals surface area contributed by atoms with E-state index in [1.807, 2.05) is 4.57 Å². The normalized spacial score (nSPS) is 19.4. The fraction of sp³-hybridized carbons (Fsp3) is 0.500. The van der Waals surface area contributed by atoms with Crippen molar-refractivity contribution in [2.24, 2.45) is 0 Å². The number of hydrogen-bond donors (Lipinski definition) is 1. The number of halogens is 3. The molecule has 0 amide bonds. The first-order valence-electron chi connectivity index (χ1n) is 6.08. The van der Waals surface area contributed by atoms with Gasteiger partial charge in [-0.05, 0) is 26.3 Å². The molecule has 1 fully saturated rings. The van der Waals surface area contributed by atoms with Crippen molar-refractivity contribution in [2.75, 3.05) is 13.1 Å². The third-order valence-corrected chi connectivity index (χ3v) is 3.90. The lowest BCUT2D eigenvalue weighted by Gasteiger charge is -2.24. The Morgan fingerprint density at radius 1 is 1.47 bits per heavy atom. The molecule has 0 spiro atoms. The van der Waals surface area contributed by atoms with Gasteiger partial charge in [0, 0.05) is 24.3 Å². The highest BCUT2D eigenvalue weighted by molar-refractivity contribution is 6.30. The summed E-state index contributed by atoms with van der Waals surface area (Å²) in [5, 5.41) is 12.0. The van der Waals surface area contributed by atoms with Crippen LogP contribution in [-0.4, -0.2) is 27.9 Å². The number of fused-ring (bicyclic) bond motifs is 1. The van der Waals surface area contributed by atoms with Gasteiger partial charge in [-0.2, -0.15) is 0 Å². The van der Waals surface area contributed by atoms with Crippen molar-refractivity contribution in [1.29, 1.82) is 0 Å². The lowest BCUT2D eigenvalue weighted by atomic mass is 10.1. The van der Waals surface area contributed by atoms with Gasteiger partial charge in [-0.3, -0.25) is 0 Å². The summed E-state index contributed by atoms with van der Waals surface area (Å²) in [7, 11) is 0. The van der Waals surface area contributed by atoms with Gasteiger partial charge in [0.15, 0.2) is 16.6 Å². The number of rotatable bonds is 1. The predicted molar refractivity (Wildman–Crippen MR) is 75.6 cm³/mol. The van der Waals surface area contributed by atoms with E-state index in [2.05, 4.69) is 15.5 Å². The highest BCUT2D eigenvalue weighted by Gasteiger charge is 2.21. The zero-order valence-corrected chi connectivity index (χ0v) is 12.1. The van der Waals surface area contributed by atoms with Gasteiger partial charge in [0.2, 0.25) is 0 Å². The lowest BCUT2D eigenvalue weighted by Crippen LogP contribution is -2.31. The Balaban J connectivity index is 0.00000133. The van der Waals surface area contributed by atoms with Crippen LogP contribution in [0.5, 0.6) is 0 Å². The largest absolute Gasteiger partial charge is 0.324 e. The van der Waals surface area contributed by atoms with E-state index >= 15 is 0 Å². The van der Waals surface area contributed by atoms with Crippen LogP contribution in [0.3, 0.4) is 0 Å². The first-order valence-corrected chi connectivity index (χ1v) is 6.46. The third kappa shape index (κ3) is 2.42. The van der Waals surface area contributed by atoms with Crippen LogP contribution in [0.4, 0.5) is 4.39 Å². The van der Waals surface area contributed by atoms with E-state index in [-0.39, 0.29) is 29.4 Å². The number of aromatic nitrogens is 3. The van der Waals surface area contributed by atoms with E-state index in [9.17, 15) is 4.39 Å². The van der Waals surface area contributed by atoms with E-state index in [4.69, 9.17) is 11.6 Å². The molecule has 1 N–H and O–H groups in total. The fourth-order valence-corrected chi connectivity index (χ4v) is 2.68. The SMILES string of the molecule is Cc1c(Cl)nnc2c1c(F)cn2[C@@H]1CCCNC1.Cl. The Morgan fingerprint density at radius 3 is 2.95 bits per heavy atom. The molecule has 0 saturated carbocycles. The summed E-state index contributed by atoms with van der Waals surface area (Å²) >= 11 is 5.89. The van der Waals surface area contributed by atoms with Crippen molar-refractivity contribution in [1.82, 2.24) is 20.1 Å². The molecule has 0 aromatic carbocycles. The first-order chi connectivity index (χ1) is 8.68. The summed E-state index contributed by atoms with van der Waals surface area (Å²) < 4.78 is 15.9. The smallest absolute Gasteiger partial charge is 0.166 e. The van der Waals surface area contributed by atoms with Gasteiger partial charge in [0.05, 0.1) is 5.39 Å². The molecule has 104 valence electrons. The minimum absolute atomic E-state index is 0. The van der Waals surface area contributed by atoms with Crippen molar-refractivity contribution >= 4 is 35.0 Å². The summed E-state index contributed by atoms with van der Waals surface area (Å²) in [6.07, 6.45) is 3.63. The molecule has 7 heteroatoms. The van der Waals surface area contributed by atoms with Gasteiger partial charge in [-0.1, -0.05) is 11.6 Å². The van der Waals surface area contributed by atoms with Gasteiger partial charge >= 0.3 is 0 Å². The molecule has 3 rings (SSSR count). The maximum atomic E-state index is 14.0. The average Bonchev–Trinajstić information content (AvgIpc) is 2.73. The second-order valence-corrected chi connectivity index (χ2v) is 5.06. The Morgan fingerprint density at radius 2 is 2.26 bits per heavy atom. The van der Waals surface area contributed by atoms with Crippen LogP contribution >= 0.6 is 24.0 Å². The van der Waals surface area contributed by atoms with Crippen molar-refractivity contribution in [3.8, 4) is 0 Å². The molecule has 1 atom stereocenters. The third-order valence-electron chi connectivity index (χ3n) is 3.54. The molecule has 0 radical (unpaired) electrons. The van der Waals surface area contributed by atoms with Crippen molar-refractivity contribution in [3.05, 3.63) is 22.7 Å². The van der Waals surface area contributed by atoms with Gasteiger partial charge in [0.1, 0.15) is 0 Å². The fourth-order valence-electron chi connectivity index (χ4n) is 2.55. The monoisotopic (exact) mass is 304 g/mol. The van der Waals surface area contributed by atoms with Crippen LogP contribution in [0.1, 0.15) is 24.4 Å². The Hall–Kier alpha value is -0.910. The molecule has 0 aliphatic carbocycles. The second-order valence-electron chi connectivity index (χ2n) is 4.70. The molecular weight excluding hydrogens is 290 g/mol. The molecule has 2 aromatic heterocycles. The van der Waals surface area contributed by atoms with Crippen LogP contribution in [-0.2, 0) is 0 Å². The van der Waals surface area contributed by atoms with Crippen LogP contribution in [0.2, 0.25) is 5.15 Å². The molecule has 1 aliphatic rings. The second kappa shape index (κ2) is 5.61. The van der Waals surface area contributed by atoms with E-state index in [0.29, 0.717) is 16.6 Å². The standard InChI is InChI=1S/C12H14ClFN4.ClH/c1-7-10-9(14)6-18(8-3-2-4-15-5-8)12(10)17-16-11(7)13;/h6,8,15H,2-5H2,1H3;1H/t8-;/m1./s1. The van der Waals surface area contributed by atoms with E-state index in [0.717, 1.165) is 25.9 Å². The molecule has 1 aliphatic heterocycles. The molecule has 19 heavy (non-hydrogen) atoms. The lowest BCUT2D eigenvalue weighted by molar-refractivity contribution is 0.375. The molecule has 0 bridgehead atoms. The molecular formula is C12H15Cl2FN4. The van der Waals surface area contributed by atoms with Gasteiger partial charge in [-0.15, -0.1) is 22.6 Å². The number of nitrogens with zero attached hydrogens (tertiary/aromatic N) is 3. The Labute approximate surface area is 121 Å². The number of hydrogen-bond acceptors (Lipinski definition) is 3. The summed E-state index contributed by atoms with van der Waals surface area (Å²) in [5.74, 6) is -0.273. The van der Waals surface area contributed by atoms with Crippen molar-refractivity contribution in [2.45, 2.75) is 25.8 Å². The summed E-state index contributed by atoms with van der Waals surface area (Å²) in [4.78, 5) is 0. The first kappa shape index (κ1) is 14.5. The van der Waals surface area contributed by atoms with Crippen molar-refractivity contribution < 1.29 is 4.39 Å². The highest BCUT2D eigenvalue weighted by Crippen LogP contribution is 2.29. The number of aryl methyl sites for hydroxylation is 1. The van der Waals surface area contributed by atoms with E-state index < -0.39 is 0 Å². The molecule has 0 unspecified atom stereocenters. The summed E-state index contributed by atoms with van der Waals surface area (Å²) in [6.45, 7) is 3.63. The number of piperidine rings is 1. The molecule has 4 nitrogen and oxygen atoms in total. The quantitative estimate of drug-likeness (QED) is 0.881. The van der Waals surface area contributed by atoms with Gasteiger partial charge in [0.25, 0.3) is 0 Å². The Kier molecular flexibility index (Phi) is 4.28. The minimum Gasteiger partial charge on any atom is -0.324 e. The molecule has 1 saturated heterocycles. The topological polar surface area (TPSA) is 42.7 Å². The predicted octanol–water partition coefficient (Wildman–Crippen LogP) is 2.88. The maximum Gasteiger partial charge on any atom is 0.166 e. The maximum absolute atomic E-state index is 14.0. The van der Waals surface area contributed by atoms with E-state index in [1.165, 1.54) is 6.20 Å². The average molecular weight is 305 g/mol. The number of nitrogens with one attached hydrogen (secondary N) is 1. The Bertz CT molecular complexity index is 593. The van der Waals surface area contributed by atoms with Crippen LogP contribution < -0.4 is 5.32 Å². The molecule has 3 heterocycles. The van der Waals surface area contributed by atoms with Crippen LogP contribution in [0.25, 0.3) is 11.0 Å². The van der Waals surface area contributed by atoms with Gasteiger partial charge in [-0.25, -0.2) is 4.39 Å². The summed E-state index contributed by atoms with van der Waals surface area (Å²) in [6, 6.07) is 0.237. The van der Waals surface area contributed by atoms with E-state index in [1.54, 1.807) is 6.92 Å². The summed E-state index contributed by atoms with van der Waals surface area (Å²) in [5.41, 5.74) is 1.24. The van der Waals surface area contributed by atoms with Gasteiger partial charge < -0.3 is 9.88 Å². The van der Waals surface area contributed by atoms with Crippen molar-refractivity contribution in [3.63, 3.8) is 0 Å². The molecule has 2 aromatic rings. The zero-order valence-electron chi connectivity index (χ0n) is 10.5. The zero-order chi connectivity index (χ0) is 12.7. The van der Waals surface area contributed by atoms with Crippen LogP contribution in [0, 0.1) is 12.7 Å². The highest BCUT2D eigenvalue weighted by atomic mass is 35.5.